The van der Waals surface area contributed by atoms with E-state index in [-0.39, 0.29) is 18.2 Å². The normalized spacial score (nSPS) is 22.3. The molecular weight excluding hydrogens is 374 g/mol. The second-order valence-corrected chi connectivity index (χ2v) is 7.85. The van der Waals surface area contributed by atoms with Gasteiger partial charge in [-0.3, -0.25) is 19.3 Å². The lowest BCUT2D eigenvalue weighted by molar-refractivity contribution is -0.140. The largest absolute Gasteiger partial charge is 0.480 e. The van der Waals surface area contributed by atoms with Crippen LogP contribution in [0.4, 0.5) is 5.69 Å². The molecule has 0 fully saturated rings. The van der Waals surface area contributed by atoms with E-state index in [1.54, 1.807) is 0 Å². The van der Waals surface area contributed by atoms with Crippen LogP contribution in [0.1, 0.15) is 44.7 Å². The Morgan fingerprint density at radius 1 is 1.28 bits per heavy atom. The minimum absolute atomic E-state index is 0.109. The Balaban J connectivity index is 1.87. The second-order valence-electron chi connectivity index (χ2n) is 7.85. The first kappa shape index (κ1) is 20.8. The molecule has 0 aromatic heterocycles. The van der Waals surface area contributed by atoms with Crippen LogP contribution in [0.2, 0.25) is 0 Å². The monoisotopic (exact) mass is 401 g/mol. The van der Waals surface area contributed by atoms with Crippen LogP contribution < -0.4 is 15.5 Å². The quantitative estimate of drug-likeness (QED) is 0.658. The van der Waals surface area contributed by atoms with E-state index in [1.165, 1.54) is 11.8 Å². The fourth-order valence-electron chi connectivity index (χ4n) is 4.14. The van der Waals surface area contributed by atoms with E-state index in [1.807, 2.05) is 32.0 Å². The zero-order chi connectivity index (χ0) is 21.3. The number of carbonyl (C=O) groups excluding carboxylic acids is 3. The number of aliphatic carboxylic acids is 1. The average molecular weight is 401 g/mol. The van der Waals surface area contributed by atoms with Gasteiger partial charge in [-0.25, -0.2) is 4.79 Å². The van der Waals surface area contributed by atoms with Gasteiger partial charge in [0.05, 0.1) is 5.69 Å². The molecule has 1 unspecified atom stereocenters. The molecule has 3 rings (SSSR count). The van der Waals surface area contributed by atoms with Crippen molar-refractivity contribution in [2.45, 2.75) is 64.6 Å². The molecule has 3 N–H and O–H groups in total. The molecule has 2 aliphatic heterocycles. The molecule has 29 heavy (non-hydrogen) atoms. The van der Waals surface area contributed by atoms with Gasteiger partial charge in [0.25, 0.3) is 0 Å². The van der Waals surface area contributed by atoms with E-state index in [0.717, 1.165) is 11.1 Å². The molecule has 8 heteroatoms. The van der Waals surface area contributed by atoms with Gasteiger partial charge in [0.1, 0.15) is 18.1 Å². The van der Waals surface area contributed by atoms with Gasteiger partial charge in [-0.15, -0.1) is 0 Å². The van der Waals surface area contributed by atoms with Crippen molar-refractivity contribution in [1.29, 1.82) is 0 Å². The van der Waals surface area contributed by atoms with Crippen LogP contribution in [0.25, 0.3) is 0 Å². The number of hydrogen-bond acceptors (Lipinski definition) is 4. The highest BCUT2D eigenvalue weighted by molar-refractivity contribution is 6.07. The number of aryl methyl sites for hydroxylation is 1. The van der Waals surface area contributed by atoms with Gasteiger partial charge in [-0.05, 0) is 29.9 Å². The second kappa shape index (κ2) is 8.23. The predicted molar refractivity (Wildman–Crippen MR) is 106 cm³/mol. The van der Waals surface area contributed by atoms with Crippen LogP contribution in [0.5, 0.6) is 0 Å². The van der Waals surface area contributed by atoms with Gasteiger partial charge in [-0.2, -0.15) is 0 Å². The minimum Gasteiger partial charge on any atom is -0.480 e. The van der Waals surface area contributed by atoms with Gasteiger partial charge in [0.2, 0.25) is 17.7 Å². The van der Waals surface area contributed by atoms with E-state index in [0.29, 0.717) is 24.9 Å². The Kier molecular flexibility index (Phi) is 5.91. The third kappa shape index (κ3) is 3.97. The zero-order valence-electron chi connectivity index (χ0n) is 16.9. The van der Waals surface area contributed by atoms with Gasteiger partial charge in [0.15, 0.2) is 0 Å². The predicted octanol–water partition coefficient (Wildman–Crippen LogP) is 1.01. The number of carbonyl (C=O) groups is 4. The van der Waals surface area contributed by atoms with Crippen molar-refractivity contribution in [3.05, 3.63) is 29.3 Å². The molecule has 8 nitrogen and oxygen atoms in total. The topological polar surface area (TPSA) is 116 Å². The van der Waals surface area contributed by atoms with Crippen molar-refractivity contribution in [2.75, 3.05) is 4.90 Å². The molecule has 2 heterocycles. The molecule has 0 aliphatic carbocycles. The number of para-hydroxylation sites is 1. The first-order valence-electron chi connectivity index (χ1n) is 9.98. The number of amides is 3. The maximum Gasteiger partial charge on any atom is 0.327 e. The molecule has 0 saturated carbocycles. The fraction of sp³-hybridized carbons (Fsp3) is 0.524. The number of benzene rings is 1. The van der Waals surface area contributed by atoms with Crippen LogP contribution in [0, 0.1) is 5.92 Å². The molecule has 1 aromatic carbocycles. The van der Waals surface area contributed by atoms with Crippen LogP contribution >= 0.6 is 0 Å². The maximum absolute atomic E-state index is 13.3. The summed E-state index contributed by atoms with van der Waals surface area (Å²) in [5.41, 5.74) is 2.42. The summed E-state index contributed by atoms with van der Waals surface area (Å²) < 4.78 is 0. The number of nitrogens with one attached hydrogen (secondary N) is 2. The Labute approximate surface area is 169 Å². The third-order valence-electron chi connectivity index (χ3n) is 5.86. The summed E-state index contributed by atoms with van der Waals surface area (Å²) in [6.07, 6.45) is 1.86. The molecule has 4 atom stereocenters. The number of anilines is 1. The van der Waals surface area contributed by atoms with E-state index in [9.17, 15) is 24.3 Å². The molecule has 1 aromatic rings. The van der Waals surface area contributed by atoms with Gasteiger partial charge >= 0.3 is 5.97 Å². The van der Waals surface area contributed by atoms with Gasteiger partial charge in [0, 0.05) is 13.3 Å². The van der Waals surface area contributed by atoms with Crippen LogP contribution in [0.15, 0.2) is 18.2 Å². The zero-order valence-corrected chi connectivity index (χ0v) is 16.9. The molecule has 2 aliphatic rings. The summed E-state index contributed by atoms with van der Waals surface area (Å²) in [5.74, 6) is -2.34. The Hall–Kier alpha value is -2.90. The van der Waals surface area contributed by atoms with Crippen molar-refractivity contribution >= 4 is 29.4 Å². The van der Waals surface area contributed by atoms with E-state index < -0.39 is 35.9 Å². The van der Waals surface area contributed by atoms with E-state index in [4.69, 9.17) is 0 Å². The first-order chi connectivity index (χ1) is 13.7. The highest BCUT2D eigenvalue weighted by Crippen LogP contribution is 2.39. The summed E-state index contributed by atoms with van der Waals surface area (Å²) in [6, 6.07) is 3.04. The lowest BCUT2D eigenvalue weighted by atomic mass is 9.97. The van der Waals surface area contributed by atoms with Crippen molar-refractivity contribution < 1.29 is 24.3 Å². The maximum atomic E-state index is 13.3. The van der Waals surface area contributed by atoms with Crippen LogP contribution in [-0.2, 0) is 32.0 Å². The number of carboxylic acid groups (broad SMARTS) is 1. The minimum atomic E-state index is -1.07. The fourth-order valence-corrected chi connectivity index (χ4v) is 4.14. The standard InChI is InChI=1S/C21H27N3O5/c1-4-11(2)17(22-12(3)25)19(26)23-15-9-8-13-6-5-7-14-10-16(21(28)29)24(18(13)14)20(15)27/h5-7,11,15-17H,4,8-10H2,1-3H3,(H,22,25)(H,23,26)(H,28,29)/t11?,15-,16-,17-/m0/s1. The van der Waals surface area contributed by atoms with Crippen LogP contribution in [-0.4, -0.2) is 46.9 Å². The Morgan fingerprint density at radius 2 is 1.97 bits per heavy atom. The molecule has 0 spiro atoms. The average Bonchev–Trinajstić information content (AvgIpc) is 3.02. The van der Waals surface area contributed by atoms with Crippen molar-refractivity contribution in [3.63, 3.8) is 0 Å². The summed E-state index contributed by atoms with van der Waals surface area (Å²) >= 11 is 0. The van der Waals surface area contributed by atoms with E-state index in [2.05, 4.69) is 10.6 Å². The summed E-state index contributed by atoms with van der Waals surface area (Å²) in [6.45, 7) is 5.13. The van der Waals surface area contributed by atoms with Gasteiger partial charge in [-0.1, -0.05) is 38.5 Å². The Morgan fingerprint density at radius 3 is 2.59 bits per heavy atom. The smallest absolute Gasteiger partial charge is 0.327 e. The summed E-state index contributed by atoms with van der Waals surface area (Å²) in [5, 5.41) is 15.1. The molecule has 0 bridgehead atoms. The number of carboxylic acids is 1. The molecular formula is C21H27N3O5. The molecule has 156 valence electrons. The SMILES string of the molecule is CCC(C)[C@H](NC(C)=O)C(=O)N[C@H]1CCc2cccc3c2N(C1=O)[C@H](C(=O)O)C3. The Bertz CT molecular complexity index is 853. The summed E-state index contributed by atoms with van der Waals surface area (Å²) in [4.78, 5) is 50.8. The van der Waals surface area contributed by atoms with Crippen molar-refractivity contribution in [3.8, 4) is 0 Å². The molecule has 3 amide bonds. The number of hydrogen-bond donors (Lipinski definition) is 3. The third-order valence-corrected chi connectivity index (χ3v) is 5.86. The van der Waals surface area contributed by atoms with Crippen LogP contribution in [0.3, 0.4) is 0 Å². The molecule has 0 radical (unpaired) electrons. The highest BCUT2D eigenvalue weighted by atomic mass is 16.4. The van der Waals surface area contributed by atoms with Crippen molar-refractivity contribution in [1.82, 2.24) is 10.6 Å². The lowest BCUT2D eigenvalue weighted by Gasteiger charge is -2.28. The first-order valence-corrected chi connectivity index (χ1v) is 9.98. The van der Waals surface area contributed by atoms with Gasteiger partial charge < -0.3 is 15.7 Å². The lowest BCUT2D eigenvalue weighted by Crippen LogP contribution is -2.57. The molecule has 0 saturated heterocycles. The number of nitrogens with zero attached hydrogens (tertiary/aromatic N) is 1. The summed E-state index contributed by atoms with van der Waals surface area (Å²) in [7, 11) is 0. The van der Waals surface area contributed by atoms with E-state index >= 15 is 0 Å². The van der Waals surface area contributed by atoms with Crippen molar-refractivity contribution in [2.24, 2.45) is 5.92 Å². The highest BCUT2D eigenvalue weighted by Gasteiger charge is 2.44. The number of rotatable bonds is 6.